The van der Waals surface area contributed by atoms with Gasteiger partial charge in [0.25, 0.3) is 0 Å². The molecule has 1 fully saturated rings. The van der Waals surface area contributed by atoms with Gasteiger partial charge >= 0.3 is 7.82 Å². The van der Waals surface area contributed by atoms with Crippen LogP contribution in [0.4, 0.5) is 0 Å². The van der Waals surface area contributed by atoms with Gasteiger partial charge in [-0.2, -0.15) is 0 Å². The number of benzene rings is 1. The van der Waals surface area contributed by atoms with Crippen LogP contribution in [0.2, 0.25) is 0 Å². The topological polar surface area (TPSA) is 66.8 Å². The van der Waals surface area contributed by atoms with Gasteiger partial charge in [0.05, 0.1) is 0 Å². The van der Waals surface area contributed by atoms with E-state index in [4.69, 9.17) is 14.3 Å². The van der Waals surface area contributed by atoms with Gasteiger partial charge in [-0.1, -0.05) is 12.1 Å². The minimum Gasteiger partial charge on any atom is -0.404 e. The number of rotatable bonds is 2. The summed E-state index contributed by atoms with van der Waals surface area (Å²) in [4.78, 5) is 18.0. The molecule has 0 unspecified atom stereocenters. The Balaban J connectivity index is 1.98. The molecule has 0 atom stereocenters. The van der Waals surface area contributed by atoms with Gasteiger partial charge in [0.2, 0.25) is 0 Å². The second-order valence-corrected chi connectivity index (χ2v) is 6.93. The summed E-state index contributed by atoms with van der Waals surface area (Å²) in [6, 6.07) is 5.58. The molecular weight excluding hydrogens is 263 g/mol. The van der Waals surface area contributed by atoms with Crippen LogP contribution in [0.15, 0.2) is 18.2 Å². The Bertz CT molecular complexity index is 514. The van der Waals surface area contributed by atoms with Crippen LogP contribution in [-0.4, -0.2) is 9.79 Å². The molecule has 4 rings (SSSR count). The maximum atomic E-state index is 11.1. The maximum absolute atomic E-state index is 11.1. The van der Waals surface area contributed by atoms with E-state index < -0.39 is 7.82 Å². The van der Waals surface area contributed by atoms with Gasteiger partial charge in [0, 0.05) is 0 Å². The highest BCUT2D eigenvalue weighted by molar-refractivity contribution is 7.46. The van der Waals surface area contributed by atoms with Gasteiger partial charge in [-0.05, 0) is 67.6 Å². The normalized spacial score (nSPS) is 26.4. The third-order valence-corrected chi connectivity index (χ3v) is 4.85. The molecule has 0 radical (unpaired) electrons. The summed E-state index contributed by atoms with van der Waals surface area (Å²) >= 11 is 0. The molecule has 0 heterocycles. The van der Waals surface area contributed by atoms with Crippen molar-refractivity contribution in [1.82, 2.24) is 0 Å². The van der Waals surface area contributed by atoms with Gasteiger partial charge in [-0.3, -0.25) is 9.79 Å². The third-order valence-electron chi connectivity index (χ3n) is 4.42. The molecule has 0 aliphatic heterocycles. The molecule has 2 N–H and O–H groups in total. The van der Waals surface area contributed by atoms with Gasteiger partial charge in [-0.25, -0.2) is 4.57 Å². The molecule has 3 aliphatic rings. The van der Waals surface area contributed by atoms with E-state index in [-0.39, 0.29) is 0 Å². The quantitative estimate of drug-likeness (QED) is 0.818. The van der Waals surface area contributed by atoms with Crippen molar-refractivity contribution in [3.8, 4) is 5.75 Å². The summed E-state index contributed by atoms with van der Waals surface area (Å²) in [6.45, 7) is 0. The van der Waals surface area contributed by atoms with Crippen molar-refractivity contribution in [2.75, 3.05) is 0 Å². The predicted molar refractivity (Wildman–Crippen MR) is 72.0 cm³/mol. The Morgan fingerprint density at radius 1 is 1.05 bits per heavy atom. The second-order valence-electron chi connectivity index (χ2n) is 5.77. The lowest BCUT2D eigenvalue weighted by atomic mass is 9.73. The molecule has 0 spiro atoms. The highest BCUT2D eigenvalue weighted by Crippen LogP contribution is 2.44. The molecule has 0 saturated heterocycles. The van der Waals surface area contributed by atoms with E-state index in [0.717, 1.165) is 24.3 Å². The summed E-state index contributed by atoms with van der Waals surface area (Å²) in [5, 5.41) is 0. The first kappa shape index (κ1) is 13.2. The van der Waals surface area contributed by atoms with E-state index in [2.05, 4.69) is 6.07 Å². The maximum Gasteiger partial charge on any atom is 0.524 e. The summed E-state index contributed by atoms with van der Waals surface area (Å²) < 4.78 is 15.9. The molecule has 0 amide bonds. The lowest BCUT2D eigenvalue weighted by Gasteiger charge is -2.33. The zero-order valence-corrected chi connectivity index (χ0v) is 11.7. The third kappa shape index (κ3) is 3.02. The van der Waals surface area contributed by atoms with Crippen molar-refractivity contribution >= 4 is 7.82 Å². The van der Waals surface area contributed by atoms with Crippen molar-refractivity contribution in [1.29, 1.82) is 0 Å². The standard InChI is InChI=1S/C14H19O4P/c15-19(16,17)18-14-3-1-2-12-8-10-4-6-11(7-5-10)9-13(12)14/h1-3,10-11H,4-9H2,(H2,15,16,17). The van der Waals surface area contributed by atoms with Crippen LogP contribution in [0, 0.1) is 11.8 Å². The molecular formula is C14H19O4P. The lowest BCUT2D eigenvalue weighted by Crippen LogP contribution is -2.22. The average molecular weight is 282 g/mol. The SMILES string of the molecule is O=P(O)(O)Oc1cccc2c1CC1CCC(CC1)C2. The largest absolute Gasteiger partial charge is 0.524 e. The van der Waals surface area contributed by atoms with E-state index in [9.17, 15) is 4.57 Å². The summed E-state index contributed by atoms with van der Waals surface area (Å²) in [7, 11) is -4.48. The minimum atomic E-state index is -4.48. The van der Waals surface area contributed by atoms with Crippen LogP contribution in [0.25, 0.3) is 0 Å². The summed E-state index contributed by atoms with van der Waals surface area (Å²) in [5.41, 5.74) is 2.22. The molecule has 19 heavy (non-hydrogen) atoms. The van der Waals surface area contributed by atoms with Crippen LogP contribution in [0.1, 0.15) is 36.8 Å². The van der Waals surface area contributed by atoms with Gasteiger partial charge in [-0.15, -0.1) is 0 Å². The first-order chi connectivity index (χ1) is 9.01. The Kier molecular flexibility index (Phi) is 3.42. The molecule has 3 aliphatic carbocycles. The van der Waals surface area contributed by atoms with Crippen molar-refractivity contribution in [3.63, 3.8) is 0 Å². The van der Waals surface area contributed by atoms with Crippen LogP contribution >= 0.6 is 7.82 Å². The van der Waals surface area contributed by atoms with Gasteiger partial charge in [0.15, 0.2) is 0 Å². The fourth-order valence-corrected chi connectivity index (χ4v) is 3.91. The minimum absolute atomic E-state index is 0.374. The molecule has 2 bridgehead atoms. The Hall–Kier alpha value is -0.830. The van der Waals surface area contributed by atoms with Crippen LogP contribution in [-0.2, 0) is 17.4 Å². The average Bonchev–Trinajstić information content (AvgIpc) is 2.28. The van der Waals surface area contributed by atoms with Crippen molar-refractivity contribution in [3.05, 3.63) is 29.3 Å². The fraction of sp³-hybridized carbons (Fsp3) is 0.571. The van der Waals surface area contributed by atoms with Crippen LogP contribution in [0.3, 0.4) is 0 Å². The second kappa shape index (κ2) is 4.93. The zero-order valence-electron chi connectivity index (χ0n) is 10.8. The van der Waals surface area contributed by atoms with E-state index >= 15 is 0 Å². The van der Waals surface area contributed by atoms with Gasteiger partial charge < -0.3 is 4.52 Å². The van der Waals surface area contributed by atoms with Crippen LogP contribution < -0.4 is 4.52 Å². The van der Waals surface area contributed by atoms with E-state index in [1.165, 1.54) is 31.2 Å². The molecule has 0 aromatic heterocycles. The number of fused-ring (bicyclic) bond motifs is 2. The highest BCUT2D eigenvalue weighted by Gasteiger charge is 2.29. The Labute approximate surface area is 113 Å². The number of phosphoric acid groups is 1. The smallest absolute Gasteiger partial charge is 0.404 e. The fourth-order valence-electron chi connectivity index (χ4n) is 3.49. The molecule has 104 valence electrons. The zero-order chi connectivity index (χ0) is 13.5. The van der Waals surface area contributed by atoms with Crippen molar-refractivity contribution in [2.45, 2.75) is 38.5 Å². The number of hydrogen-bond donors (Lipinski definition) is 2. The Morgan fingerprint density at radius 3 is 2.32 bits per heavy atom. The summed E-state index contributed by atoms with van der Waals surface area (Å²) in [5.74, 6) is 1.73. The summed E-state index contributed by atoms with van der Waals surface area (Å²) in [6.07, 6.45) is 6.93. The molecule has 1 aromatic carbocycles. The highest BCUT2D eigenvalue weighted by atomic mass is 31.2. The molecule has 1 aromatic rings. The lowest BCUT2D eigenvalue weighted by molar-refractivity contribution is 0.255. The molecule has 1 saturated carbocycles. The Morgan fingerprint density at radius 2 is 1.68 bits per heavy atom. The van der Waals surface area contributed by atoms with E-state index in [1.54, 1.807) is 6.07 Å². The predicted octanol–water partition coefficient (Wildman–Crippen LogP) is 3.06. The van der Waals surface area contributed by atoms with Gasteiger partial charge in [0.1, 0.15) is 5.75 Å². The van der Waals surface area contributed by atoms with Crippen molar-refractivity contribution < 1.29 is 18.9 Å². The monoisotopic (exact) mass is 282 g/mol. The number of phosphoric ester groups is 1. The first-order valence-electron chi connectivity index (χ1n) is 6.87. The van der Waals surface area contributed by atoms with Crippen LogP contribution in [0.5, 0.6) is 5.75 Å². The first-order valence-corrected chi connectivity index (χ1v) is 8.40. The van der Waals surface area contributed by atoms with E-state index in [1.807, 2.05) is 6.07 Å². The van der Waals surface area contributed by atoms with E-state index in [0.29, 0.717) is 11.7 Å². The molecule has 4 nitrogen and oxygen atoms in total. The molecule has 5 heteroatoms. The number of hydrogen-bond acceptors (Lipinski definition) is 2. The van der Waals surface area contributed by atoms with Crippen molar-refractivity contribution in [2.24, 2.45) is 11.8 Å².